The van der Waals surface area contributed by atoms with E-state index in [2.05, 4.69) is 19.0 Å². The summed E-state index contributed by atoms with van der Waals surface area (Å²) in [7, 11) is 0. The Morgan fingerprint density at radius 2 is 1.85 bits per heavy atom. The summed E-state index contributed by atoms with van der Waals surface area (Å²) in [6, 6.07) is 6.40. The molecule has 0 heterocycles. The van der Waals surface area contributed by atoms with Crippen molar-refractivity contribution in [1.82, 2.24) is 0 Å². The van der Waals surface area contributed by atoms with Gasteiger partial charge in [0.25, 0.3) is 0 Å². The molecular formula is C32H40ClF3N2O7S. The minimum absolute atomic E-state index is 0.00866. The number of ether oxygens (including phenoxy) is 2. The van der Waals surface area contributed by atoms with Crippen LogP contribution in [0.5, 0.6) is 17.2 Å². The molecular weight excluding hydrogens is 649 g/mol. The summed E-state index contributed by atoms with van der Waals surface area (Å²) >= 11 is 7.70. The number of rotatable bonds is 14. The number of hydrogen-bond donors (Lipinski definition) is 1. The largest absolute Gasteiger partial charge is 0.511 e. The molecule has 0 aliphatic heterocycles. The number of carbonyl (C=O) groups excluding carboxylic acids is 1. The minimum atomic E-state index is -4.52. The molecule has 0 saturated heterocycles. The molecule has 3 rings (SSSR count). The lowest BCUT2D eigenvalue weighted by Crippen LogP contribution is -2.26. The third kappa shape index (κ3) is 11.7. The lowest BCUT2D eigenvalue weighted by atomic mass is 9.82. The molecule has 1 N–H and O–H groups in total. The van der Waals surface area contributed by atoms with Gasteiger partial charge in [-0.25, -0.2) is 0 Å². The number of aliphatic hydroxyl groups is 1. The van der Waals surface area contributed by atoms with E-state index in [1.165, 1.54) is 18.2 Å². The lowest BCUT2D eigenvalue weighted by Gasteiger charge is -2.25. The minimum Gasteiger partial charge on any atom is -0.511 e. The van der Waals surface area contributed by atoms with Gasteiger partial charge in [-0.3, -0.25) is 14.9 Å². The Kier molecular flexibility index (Phi) is 15.7. The van der Waals surface area contributed by atoms with Crippen molar-refractivity contribution in [2.45, 2.75) is 78.1 Å². The number of carbonyl (C=O) groups is 1. The molecule has 254 valence electrons. The van der Waals surface area contributed by atoms with Gasteiger partial charge >= 0.3 is 11.9 Å². The smallest absolute Gasteiger partial charge is 0.416 e. The van der Waals surface area contributed by atoms with Crippen LogP contribution in [-0.4, -0.2) is 45.7 Å². The Bertz CT molecular complexity index is 1400. The molecule has 46 heavy (non-hydrogen) atoms. The van der Waals surface area contributed by atoms with Crippen molar-refractivity contribution in [2.24, 2.45) is 11.1 Å². The molecule has 0 fully saturated rings. The third-order valence-electron chi connectivity index (χ3n) is 6.63. The van der Waals surface area contributed by atoms with Crippen LogP contribution < -0.4 is 9.47 Å². The molecule has 0 radical (unpaired) electrons. The van der Waals surface area contributed by atoms with Gasteiger partial charge in [0.1, 0.15) is 23.9 Å². The number of hydrogen-bond acceptors (Lipinski definition) is 9. The average Bonchev–Trinajstić information content (AvgIpc) is 2.96. The maximum atomic E-state index is 12.6. The maximum absolute atomic E-state index is 12.6. The highest BCUT2D eigenvalue weighted by molar-refractivity contribution is 7.99. The summed E-state index contributed by atoms with van der Waals surface area (Å²) in [4.78, 5) is 27.9. The van der Waals surface area contributed by atoms with Crippen molar-refractivity contribution in [3.05, 3.63) is 68.4 Å². The van der Waals surface area contributed by atoms with Gasteiger partial charge in [-0.05, 0) is 62.6 Å². The monoisotopic (exact) mass is 688 g/mol. The van der Waals surface area contributed by atoms with Gasteiger partial charge in [0, 0.05) is 30.2 Å². The van der Waals surface area contributed by atoms with Gasteiger partial charge in [-0.15, -0.1) is 0 Å². The Morgan fingerprint density at radius 1 is 1.13 bits per heavy atom. The van der Waals surface area contributed by atoms with Gasteiger partial charge in [-0.2, -0.15) is 24.9 Å². The Balaban J connectivity index is 0.000000322. The SMILES string of the molecule is CCCC(=NOCC)C1=C(O)CC(CC(C)SCC)CC1=O.CCOc1cc(Oc2ccc(C(F)(F)F)cc2Cl)ccc1[N+](=O)[O-]. The van der Waals surface area contributed by atoms with Crippen molar-refractivity contribution in [3.63, 3.8) is 0 Å². The van der Waals surface area contributed by atoms with E-state index in [9.17, 15) is 33.2 Å². The van der Waals surface area contributed by atoms with E-state index in [4.69, 9.17) is 25.9 Å². The van der Waals surface area contributed by atoms with Gasteiger partial charge in [-0.1, -0.05) is 43.9 Å². The van der Waals surface area contributed by atoms with Gasteiger partial charge in [0.2, 0.25) is 5.75 Å². The second-order valence-corrected chi connectivity index (χ2v) is 12.4. The number of thioether (sulfide) groups is 1. The molecule has 0 bridgehead atoms. The average molecular weight is 689 g/mol. The number of oxime groups is 1. The normalized spacial score (nSPS) is 16.0. The van der Waals surface area contributed by atoms with Crippen LogP contribution in [-0.2, 0) is 15.8 Å². The van der Waals surface area contributed by atoms with Crippen molar-refractivity contribution in [2.75, 3.05) is 19.0 Å². The summed E-state index contributed by atoms with van der Waals surface area (Å²) in [5, 5.41) is 25.6. The highest BCUT2D eigenvalue weighted by atomic mass is 35.5. The fraction of sp³-hybridized carbons (Fsp3) is 0.500. The molecule has 0 aromatic heterocycles. The summed E-state index contributed by atoms with van der Waals surface area (Å²) in [6.45, 7) is 10.5. The van der Waals surface area contributed by atoms with Gasteiger partial charge in [0.15, 0.2) is 5.78 Å². The second-order valence-electron chi connectivity index (χ2n) is 10.3. The number of halogens is 4. The summed E-state index contributed by atoms with van der Waals surface area (Å²) in [5.41, 5.74) is -0.148. The number of allylic oxidation sites excluding steroid dienone is 2. The Morgan fingerprint density at radius 3 is 2.39 bits per heavy atom. The first-order chi connectivity index (χ1) is 21.7. The number of nitro groups is 1. The van der Waals surface area contributed by atoms with Crippen molar-refractivity contribution < 1.29 is 42.3 Å². The number of aliphatic hydroxyl groups excluding tert-OH is 1. The third-order valence-corrected chi connectivity index (χ3v) is 8.02. The first-order valence-electron chi connectivity index (χ1n) is 15.0. The summed E-state index contributed by atoms with van der Waals surface area (Å²) < 4.78 is 48.4. The van der Waals surface area contributed by atoms with E-state index < -0.39 is 16.7 Å². The maximum Gasteiger partial charge on any atom is 0.416 e. The molecule has 2 unspecified atom stereocenters. The number of Topliss-reactive ketones (excluding diaryl/α,β-unsaturated/α-hetero) is 1. The van der Waals surface area contributed by atoms with Crippen LogP contribution in [0.2, 0.25) is 5.02 Å². The molecule has 0 spiro atoms. The lowest BCUT2D eigenvalue weighted by molar-refractivity contribution is -0.385. The zero-order valence-corrected chi connectivity index (χ0v) is 28.1. The van der Waals surface area contributed by atoms with Crippen LogP contribution in [0.3, 0.4) is 0 Å². The second kappa shape index (κ2) is 18.6. The summed E-state index contributed by atoms with van der Waals surface area (Å²) in [6.07, 6.45) is -0.958. The standard InChI is InChI=1S/C17H29NO3S.C15H11ClF3NO4/c1-5-8-14(18-21-6-2)17-15(19)10-13(11-16(17)20)9-12(4)22-7-3;1-2-23-14-8-10(4-5-12(14)20(21)22)24-13-6-3-9(7-11(13)16)15(17,18)19/h12-13,19H,5-11H2,1-4H3;3-8H,2H2,1H3. The van der Waals surface area contributed by atoms with Gasteiger partial charge in [0.05, 0.1) is 33.4 Å². The van der Waals surface area contributed by atoms with E-state index >= 15 is 0 Å². The number of nitro benzene ring substituents is 1. The van der Waals surface area contributed by atoms with Crippen LogP contribution >= 0.6 is 23.4 Å². The fourth-order valence-corrected chi connectivity index (χ4v) is 5.95. The van der Waals surface area contributed by atoms with Crippen molar-refractivity contribution in [1.29, 1.82) is 0 Å². The zero-order chi connectivity index (χ0) is 34.4. The molecule has 2 aromatic rings. The highest BCUT2D eigenvalue weighted by Crippen LogP contribution is 2.38. The topological polar surface area (TPSA) is 120 Å². The van der Waals surface area contributed by atoms with E-state index in [1.54, 1.807) is 6.92 Å². The first kappa shape index (κ1) is 38.7. The molecule has 1 aliphatic carbocycles. The molecule has 14 heteroatoms. The highest BCUT2D eigenvalue weighted by Gasteiger charge is 2.32. The van der Waals surface area contributed by atoms with Crippen LogP contribution in [0.25, 0.3) is 0 Å². The Hall–Kier alpha value is -3.45. The zero-order valence-electron chi connectivity index (χ0n) is 26.5. The van der Waals surface area contributed by atoms with Crippen LogP contribution in [0.4, 0.5) is 18.9 Å². The first-order valence-corrected chi connectivity index (χ1v) is 16.4. The van der Waals surface area contributed by atoms with Crippen molar-refractivity contribution >= 4 is 40.5 Å². The quantitative estimate of drug-likeness (QED) is 0.118. The van der Waals surface area contributed by atoms with E-state index in [1.807, 2.05) is 25.6 Å². The molecule has 0 saturated carbocycles. The van der Waals surface area contributed by atoms with Crippen LogP contribution in [0.15, 0.2) is 52.9 Å². The fourth-order valence-electron chi connectivity index (χ4n) is 4.75. The van der Waals surface area contributed by atoms with Crippen LogP contribution in [0, 0.1) is 16.0 Å². The molecule has 0 amide bonds. The van der Waals surface area contributed by atoms with E-state index in [-0.39, 0.29) is 52.0 Å². The van der Waals surface area contributed by atoms with Crippen LogP contribution in [0.1, 0.15) is 72.3 Å². The molecule has 9 nitrogen and oxygen atoms in total. The number of benzene rings is 2. The molecule has 1 aliphatic rings. The predicted octanol–water partition coefficient (Wildman–Crippen LogP) is 9.96. The summed E-state index contributed by atoms with van der Waals surface area (Å²) in [5.74, 6) is 1.64. The molecule has 2 atom stereocenters. The number of ketones is 1. The van der Waals surface area contributed by atoms with E-state index in [0.29, 0.717) is 42.4 Å². The molecule has 2 aromatic carbocycles. The number of nitrogens with zero attached hydrogens (tertiary/aromatic N) is 2. The van der Waals surface area contributed by atoms with Gasteiger partial charge < -0.3 is 19.4 Å². The predicted molar refractivity (Wildman–Crippen MR) is 174 cm³/mol. The van der Waals surface area contributed by atoms with E-state index in [0.717, 1.165) is 36.8 Å². The van der Waals surface area contributed by atoms with Crippen molar-refractivity contribution in [3.8, 4) is 17.2 Å². The number of alkyl halides is 3. The Labute approximate surface area is 276 Å².